The SMILES string of the molecule is CC(COC(=O)C1CCC1)N1CCc2c(nc(C(=O)Nc3cccc(-c4cccc5c4CCC5Oc4cc(OCc5ccccc5)c(CN)c(F)c4Cl)c3Cl)n2C)C1. The summed E-state index contributed by atoms with van der Waals surface area (Å²) in [6.45, 7) is 3.86. The van der Waals surface area contributed by atoms with E-state index in [0.717, 1.165) is 71.4 Å². The minimum absolute atomic E-state index is 0.0283. The van der Waals surface area contributed by atoms with Crippen molar-refractivity contribution < 1.29 is 28.2 Å². The van der Waals surface area contributed by atoms with Crippen molar-refractivity contribution >= 4 is 40.8 Å². The van der Waals surface area contributed by atoms with Crippen molar-refractivity contribution in [3.63, 3.8) is 0 Å². The molecule has 58 heavy (non-hydrogen) atoms. The number of esters is 1. The number of amides is 1. The Balaban J connectivity index is 0.970. The first kappa shape index (κ1) is 39.9. The third-order valence-corrected chi connectivity index (χ3v) is 12.5. The fourth-order valence-corrected chi connectivity index (χ4v) is 8.60. The van der Waals surface area contributed by atoms with Crippen LogP contribution in [0.5, 0.6) is 11.5 Å². The molecule has 0 radical (unpaired) electrons. The zero-order chi connectivity index (χ0) is 40.5. The van der Waals surface area contributed by atoms with Gasteiger partial charge in [-0.3, -0.25) is 14.5 Å². The summed E-state index contributed by atoms with van der Waals surface area (Å²) >= 11 is 13.6. The van der Waals surface area contributed by atoms with E-state index in [9.17, 15) is 9.59 Å². The van der Waals surface area contributed by atoms with Gasteiger partial charge in [-0.15, -0.1) is 0 Å². The molecule has 1 aromatic heterocycles. The van der Waals surface area contributed by atoms with Crippen molar-refractivity contribution in [2.45, 2.75) is 77.3 Å². The van der Waals surface area contributed by atoms with Crippen LogP contribution in [0.2, 0.25) is 10.0 Å². The number of rotatable bonds is 13. The number of nitrogens with zero attached hydrogens (tertiary/aromatic N) is 3. The number of aromatic nitrogens is 2. The zero-order valence-corrected chi connectivity index (χ0v) is 34.0. The number of anilines is 1. The van der Waals surface area contributed by atoms with Crippen LogP contribution in [0.25, 0.3) is 11.1 Å². The summed E-state index contributed by atoms with van der Waals surface area (Å²) in [5.41, 5.74) is 13.0. The Morgan fingerprint density at radius 3 is 2.52 bits per heavy atom. The van der Waals surface area contributed by atoms with Crippen LogP contribution in [-0.2, 0) is 49.1 Å². The third kappa shape index (κ3) is 7.93. The average molecular weight is 827 g/mol. The Kier molecular flexibility index (Phi) is 11.8. The topological polar surface area (TPSA) is 121 Å². The lowest BCUT2D eigenvalue weighted by atomic mass is 9.86. The average Bonchev–Trinajstić information content (AvgIpc) is 3.78. The van der Waals surface area contributed by atoms with E-state index in [-0.39, 0.29) is 59.1 Å². The first-order valence-corrected chi connectivity index (χ1v) is 20.6. The maximum Gasteiger partial charge on any atom is 0.308 e. The van der Waals surface area contributed by atoms with Crippen molar-refractivity contribution in [3.8, 4) is 22.6 Å². The standard InChI is InChI=1S/C45H46Cl2FN5O5/c1-26(24-57-45(55)28-11-6-12-28)53-20-19-36-35(23-53)50-43(52(36)2)44(54)51-34-16-8-15-32(40(34)46)29-13-7-14-31-30(29)17-18-37(31)58-39-21-38(33(22-49)42(48)41(39)47)56-25-27-9-4-3-5-10-27/h3-5,7-10,13-16,21,26,28,37H,6,11-12,17-20,22-25,49H2,1-2H3,(H,51,54). The second-order valence-electron chi connectivity index (χ2n) is 15.3. The fraction of sp³-hybridized carbons (Fsp3) is 0.356. The lowest BCUT2D eigenvalue weighted by Gasteiger charge is -2.32. The number of carbonyl (C=O) groups excluding carboxylic acids is 2. The predicted molar refractivity (Wildman–Crippen MR) is 222 cm³/mol. The number of imidazole rings is 1. The Labute approximate surface area is 347 Å². The van der Waals surface area contributed by atoms with Gasteiger partial charge in [0.15, 0.2) is 11.6 Å². The molecule has 5 aromatic rings. The highest BCUT2D eigenvalue weighted by molar-refractivity contribution is 6.36. The van der Waals surface area contributed by atoms with E-state index >= 15 is 4.39 Å². The molecule has 0 saturated heterocycles. The summed E-state index contributed by atoms with van der Waals surface area (Å²) in [5, 5.41) is 3.26. The van der Waals surface area contributed by atoms with Gasteiger partial charge >= 0.3 is 5.97 Å². The molecule has 3 aliphatic rings. The van der Waals surface area contributed by atoms with Gasteiger partial charge < -0.3 is 29.8 Å². The molecule has 0 bridgehead atoms. The monoisotopic (exact) mass is 825 g/mol. The van der Waals surface area contributed by atoms with Crippen LogP contribution in [0, 0.1) is 11.7 Å². The van der Waals surface area contributed by atoms with E-state index < -0.39 is 11.9 Å². The van der Waals surface area contributed by atoms with E-state index in [0.29, 0.717) is 42.5 Å². The van der Waals surface area contributed by atoms with Crippen LogP contribution < -0.4 is 20.5 Å². The van der Waals surface area contributed by atoms with E-state index in [1.54, 1.807) is 12.1 Å². The molecule has 302 valence electrons. The normalized spacial score (nSPS) is 16.9. The summed E-state index contributed by atoms with van der Waals surface area (Å²) < 4.78 is 35.5. The van der Waals surface area contributed by atoms with Crippen LogP contribution >= 0.6 is 23.2 Å². The number of ether oxygens (including phenoxy) is 3. The highest BCUT2D eigenvalue weighted by Crippen LogP contribution is 2.45. The Morgan fingerprint density at radius 2 is 1.76 bits per heavy atom. The number of hydrogen-bond donors (Lipinski definition) is 2. The van der Waals surface area contributed by atoms with Crippen LogP contribution in [0.15, 0.2) is 72.8 Å². The molecule has 10 nitrogen and oxygen atoms in total. The first-order valence-electron chi connectivity index (χ1n) is 19.8. The second kappa shape index (κ2) is 17.1. The van der Waals surface area contributed by atoms with Gasteiger partial charge in [-0.05, 0) is 60.9 Å². The predicted octanol–water partition coefficient (Wildman–Crippen LogP) is 8.98. The van der Waals surface area contributed by atoms with Crippen molar-refractivity contribution in [2.75, 3.05) is 18.5 Å². The van der Waals surface area contributed by atoms with E-state index in [2.05, 4.69) is 17.1 Å². The summed E-state index contributed by atoms with van der Waals surface area (Å²) in [5.74, 6) is -0.335. The van der Waals surface area contributed by atoms with Gasteiger partial charge in [-0.2, -0.15) is 0 Å². The molecule has 0 spiro atoms. The molecule has 1 fully saturated rings. The lowest BCUT2D eigenvalue weighted by molar-refractivity contribution is -0.153. The maximum atomic E-state index is 15.6. The Hall–Kier alpha value is -4.94. The van der Waals surface area contributed by atoms with Crippen LogP contribution in [0.4, 0.5) is 10.1 Å². The maximum absolute atomic E-state index is 15.6. The minimum Gasteiger partial charge on any atom is -0.488 e. The van der Waals surface area contributed by atoms with Crippen molar-refractivity contribution in [1.29, 1.82) is 0 Å². The summed E-state index contributed by atoms with van der Waals surface area (Å²) in [6.07, 6.45) is 4.54. The van der Waals surface area contributed by atoms with Crippen LogP contribution in [0.1, 0.15) is 83.0 Å². The van der Waals surface area contributed by atoms with Crippen molar-refractivity contribution in [2.24, 2.45) is 18.7 Å². The summed E-state index contributed by atoms with van der Waals surface area (Å²) in [4.78, 5) is 33.1. The van der Waals surface area contributed by atoms with Gasteiger partial charge in [0, 0.05) is 62.0 Å². The van der Waals surface area contributed by atoms with Gasteiger partial charge in [-0.1, -0.05) is 90.3 Å². The molecule has 2 atom stereocenters. The number of nitrogens with one attached hydrogen (secondary N) is 1. The molecule has 2 aliphatic carbocycles. The van der Waals surface area contributed by atoms with Gasteiger partial charge in [0.1, 0.15) is 35.8 Å². The zero-order valence-electron chi connectivity index (χ0n) is 32.5. The highest BCUT2D eigenvalue weighted by atomic mass is 35.5. The second-order valence-corrected chi connectivity index (χ2v) is 16.1. The van der Waals surface area contributed by atoms with E-state index in [1.807, 2.05) is 72.3 Å². The fourth-order valence-electron chi connectivity index (χ4n) is 8.12. The number of fused-ring (bicyclic) bond motifs is 2. The Morgan fingerprint density at radius 1 is 0.983 bits per heavy atom. The molecule has 13 heteroatoms. The smallest absolute Gasteiger partial charge is 0.308 e. The Bertz CT molecular complexity index is 2350. The number of benzene rings is 4. The summed E-state index contributed by atoms with van der Waals surface area (Å²) in [7, 11) is 1.86. The summed E-state index contributed by atoms with van der Waals surface area (Å²) in [6, 6.07) is 22.7. The minimum atomic E-state index is -0.664. The highest BCUT2D eigenvalue weighted by Gasteiger charge is 2.32. The first-order chi connectivity index (χ1) is 28.1. The quantitative estimate of drug-likeness (QED) is 0.113. The largest absolute Gasteiger partial charge is 0.488 e. The van der Waals surface area contributed by atoms with E-state index in [4.69, 9.17) is 48.1 Å². The molecular formula is C45H46Cl2FN5O5. The van der Waals surface area contributed by atoms with E-state index in [1.165, 1.54) is 0 Å². The third-order valence-electron chi connectivity index (χ3n) is 11.7. The van der Waals surface area contributed by atoms with Crippen molar-refractivity contribution in [3.05, 3.63) is 128 Å². The number of halogens is 3. The van der Waals surface area contributed by atoms with Crippen LogP contribution in [-0.4, -0.2) is 45.5 Å². The molecule has 1 amide bonds. The van der Waals surface area contributed by atoms with Gasteiger partial charge in [0.05, 0.1) is 22.3 Å². The van der Waals surface area contributed by atoms with Crippen LogP contribution in [0.3, 0.4) is 0 Å². The van der Waals surface area contributed by atoms with Gasteiger partial charge in [0.25, 0.3) is 5.91 Å². The number of nitrogens with two attached hydrogens (primary N) is 1. The molecule has 8 rings (SSSR count). The lowest BCUT2D eigenvalue weighted by Crippen LogP contribution is -2.41. The van der Waals surface area contributed by atoms with Crippen molar-refractivity contribution in [1.82, 2.24) is 14.5 Å². The van der Waals surface area contributed by atoms with Gasteiger partial charge in [0.2, 0.25) is 0 Å². The number of carbonyl (C=O) groups is 2. The number of hydrogen-bond acceptors (Lipinski definition) is 8. The molecule has 3 N–H and O–H groups in total. The molecule has 1 saturated carbocycles. The molecule has 2 heterocycles. The molecule has 2 unspecified atom stereocenters. The molecule has 4 aromatic carbocycles. The van der Waals surface area contributed by atoms with Gasteiger partial charge in [-0.25, -0.2) is 9.37 Å². The molecular weight excluding hydrogens is 780 g/mol. The molecule has 1 aliphatic heterocycles.